The Balaban J connectivity index is 1.49. The van der Waals surface area contributed by atoms with Crippen LogP contribution < -0.4 is 9.80 Å². The van der Waals surface area contributed by atoms with E-state index >= 15 is 0 Å². The molecule has 0 amide bonds. The van der Waals surface area contributed by atoms with Crippen molar-refractivity contribution in [1.82, 2.24) is 0 Å². The maximum Gasteiger partial charge on any atom is 0.0468 e. The van der Waals surface area contributed by atoms with Gasteiger partial charge in [-0.05, 0) is 161 Å². The summed E-state index contributed by atoms with van der Waals surface area (Å²) in [6, 6.07) is 42.4. The van der Waals surface area contributed by atoms with E-state index in [0.29, 0.717) is 0 Å². The Labute approximate surface area is 388 Å². The average Bonchev–Trinajstić information content (AvgIpc) is 3.18. The van der Waals surface area contributed by atoms with Crippen LogP contribution in [0.15, 0.2) is 133 Å². The van der Waals surface area contributed by atoms with Gasteiger partial charge >= 0.3 is 0 Å². The summed E-state index contributed by atoms with van der Waals surface area (Å²) in [6.07, 6.45) is 6.84. The van der Waals surface area contributed by atoms with E-state index < -0.39 is 0 Å². The van der Waals surface area contributed by atoms with Crippen LogP contribution in [0.25, 0.3) is 21.5 Å². The number of hydrogen-bond donors (Lipinski definition) is 0. The van der Waals surface area contributed by atoms with Crippen molar-refractivity contribution in [2.45, 2.75) is 165 Å². The van der Waals surface area contributed by atoms with Crippen LogP contribution in [-0.2, 0) is 27.1 Å². The normalized spacial score (nSPS) is 14.5. The predicted molar refractivity (Wildman–Crippen MR) is 283 cm³/mol. The van der Waals surface area contributed by atoms with Crippen molar-refractivity contribution in [2.75, 3.05) is 9.80 Å². The first-order chi connectivity index (χ1) is 29.5. The van der Waals surface area contributed by atoms with Crippen molar-refractivity contribution < 1.29 is 0 Å². The zero-order valence-corrected chi connectivity index (χ0v) is 42.9. The van der Waals surface area contributed by atoms with Crippen LogP contribution in [-0.4, -0.2) is 0 Å². The lowest BCUT2D eigenvalue weighted by molar-refractivity contribution is 0.479. The van der Waals surface area contributed by atoms with Crippen LogP contribution in [0.4, 0.5) is 28.4 Å². The van der Waals surface area contributed by atoms with Crippen molar-refractivity contribution in [3.8, 4) is 0 Å². The Morgan fingerprint density at radius 3 is 0.922 bits per heavy atom. The highest BCUT2D eigenvalue weighted by Crippen LogP contribution is 2.49. The fraction of sp³-hybridized carbons (Fsp3) is 0.419. The number of anilines is 5. The Morgan fingerprint density at radius 2 is 0.625 bits per heavy atom. The molecule has 6 aromatic rings. The van der Waals surface area contributed by atoms with Gasteiger partial charge in [-0.1, -0.05) is 185 Å². The highest BCUT2D eigenvalue weighted by atomic mass is 15.2. The first kappa shape index (κ1) is 46.9. The number of allylic oxidation sites excluding steroid dienone is 4. The molecule has 0 aromatic heterocycles. The number of fused-ring (bicyclic) bond motifs is 2. The van der Waals surface area contributed by atoms with Crippen LogP contribution >= 0.6 is 0 Å². The molecule has 1 aliphatic carbocycles. The van der Waals surface area contributed by atoms with E-state index in [2.05, 4.69) is 256 Å². The van der Waals surface area contributed by atoms with Gasteiger partial charge in [0.1, 0.15) is 0 Å². The Hall–Kier alpha value is -5.08. The summed E-state index contributed by atoms with van der Waals surface area (Å²) in [5, 5.41) is 5.31. The maximum absolute atomic E-state index is 2.53. The molecule has 0 spiro atoms. The molecule has 7 rings (SSSR count). The molecule has 0 fully saturated rings. The fourth-order valence-corrected chi connectivity index (χ4v) is 9.80. The molecule has 2 nitrogen and oxygen atoms in total. The zero-order valence-electron chi connectivity index (χ0n) is 42.9. The second-order valence-electron chi connectivity index (χ2n) is 24.9. The standard InChI is InChI=1S/C62H78N2/c1-57(2,3)41-19-27-45(28-20-41)63(46-29-21-42(22-30-46)58(4,5)6)49-35-37-51-53(39-49)55(61(13,14)15)52-38-36-50(40-54(52)56(51)62(16,17)18)64(47-31-23-43(24-32-47)59(7,8)9)48-33-25-44(26-34-48)60(10,11)12/h19-25,27-33,35-40H,26,34H2,1-18H3. The Morgan fingerprint density at radius 1 is 0.297 bits per heavy atom. The highest BCUT2D eigenvalue weighted by molar-refractivity contribution is 6.09. The number of rotatable bonds is 6. The summed E-state index contributed by atoms with van der Waals surface area (Å²) in [7, 11) is 0. The summed E-state index contributed by atoms with van der Waals surface area (Å²) in [5.41, 5.74) is 15.6. The first-order valence-corrected chi connectivity index (χ1v) is 23.9. The minimum Gasteiger partial charge on any atom is -0.314 e. The van der Waals surface area contributed by atoms with E-state index in [1.165, 1.54) is 72.0 Å². The average molecular weight is 851 g/mol. The van der Waals surface area contributed by atoms with E-state index in [-0.39, 0.29) is 32.5 Å². The second-order valence-corrected chi connectivity index (χ2v) is 24.9. The lowest BCUT2D eigenvalue weighted by atomic mass is 9.74. The molecule has 0 bridgehead atoms. The SMILES string of the molecule is CC(C)(C)C1=CC=C(N(c2ccc(C(C)(C)C)cc2)c2ccc3c(C(C)(C)C)c4cc(N(c5ccc(C(C)(C)C)cc5)c5ccc(C(C)(C)C)cc5)ccc4c(C(C)(C)C)c3c2)CC1. The smallest absolute Gasteiger partial charge is 0.0468 e. The second kappa shape index (κ2) is 16.4. The van der Waals surface area contributed by atoms with Gasteiger partial charge in [0.05, 0.1) is 0 Å². The van der Waals surface area contributed by atoms with Crippen LogP contribution in [0, 0.1) is 5.41 Å². The molecule has 0 heterocycles. The third-order valence-electron chi connectivity index (χ3n) is 13.5. The predicted octanol–water partition coefficient (Wildman–Crippen LogP) is 18.7. The minimum absolute atomic E-state index is 0.0701. The largest absolute Gasteiger partial charge is 0.314 e. The Kier molecular flexibility index (Phi) is 12.0. The van der Waals surface area contributed by atoms with Crippen molar-refractivity contribution in [2.24, 2.45) is 5.41 Å². The lowest BCUT2D eigenvalue weighted by Crippen LogP contribution is -2.21. The molecule has 0 N–H and O–H groups in total. The van der Waals surface area contributed by atoms with Crippen molar-refractivity contribution >= 4 is 50.0 Å². The van der Waals surface area contributed by atoms with E-state index in [9.17, 15) is 0 Å². The molecule has 0 saturated heterocycles. The van der Waals surface area contributed by atoms with E-state index in [1.54, 1.807) is 0 Å². The number of benzene rings is 6. The van der Waals surface area contributed by atoms with Crippen LogP contribution in [0.3, 0.4) is 0 Å². The van der Waals surface area contributed by atoms with Gasteiger partial charge in [0.2, 0.25) is 0 Å². The molecule has 0 saturated carbocycles. The lowest BCUT2D eigenvalue weighted by Gasteiger charge is -2.34. The van der Waals surface area contributed by atoms with Crippen LogP contribution in [0.5, 0.6) is 0 Å². The topological polar surface area (TPSA) is 6.48 Å². The molecule has 6 aromatic carbocycles. The summed E-state index contributed by atoms with van der Waals surface area (Å²) in [5.74, 6) is 0. The Bertz CT molecular complexity index is 2660. The third kappa shape index (κ3) is 9.49. The van der Waals surface area contributed by atoms with Gasteiger partial charge in [0, 0.05) is 34.1 Å². The number of hydrogen-bond acceptors (Lipinski definition) is 2. The summed E-state index contributed by atoms with van der Waals surface area (Å²) >= 11 is 0. The molecule has 336 valence electrons. The van der Waals surface area contributed by atoms with Crippen LogP contribution in [0.2, 0.25) is 0 Å². The molecule has 0 aliphatic heterocycles. The van der Waals surface area contributed by atoms with Gasteiger partial charge in [-0.3, -0.25) is 0 Å². The molecule has 0 unspecified atom stereocenters. The van der Waals surface area contributed by atoms with Gasteiger partial charge in [-0.2, -0.15) is 0 Å². The summed E-state index contributed by atoms with van der Waals surface area (Å²) in [6.45, 7) is 42.0. The maximum atomic E-state index is 2.53. The van der Waals surface area contributed by atoms with Crippen molar-refractivity contribution in [3.63, 3.8) is 0 Å². The monoisotopic (exact) mass is 851 g/mol. The first-order valence-electron chi connectivity index (χ1n) is 23.9. The molecule has 1 aliphatic rings. The van der Waals surface area contributed by atoms with E-state index in [4.69, 9.17) is 0 Å². The van der Waals surface area contributed by atoms with Crippen LogP contribution in [0.1, 0.15) is 165 Å². The van der Waals surface area contributed by atoms with E-state index in [0.717, 1.165) is 29.9 Å². The van der Waals surface area contributed by atoms with E-state index in [1.807, 2.05) is 0 Å². The zero-order chi connectivity index (χ0) is 46.9. The summed E-state index contributed by atoms with van der Waals surface area (Å²) < 4.78 is 0. The molecule has 64 heavy (non-hydrogen) atoms. The molecule has 0 radical (unpaired) electrons. The van der Waals surface area contributed by atoms with Gasteiger partial charge in [-0.15, -0.1) is 0 Å². The molecular weight excluding hydrogens is 773 g/mol. The summed E-state index contributed by atoms with van der Waals surface area (Å²) in [4.78, 5) is 4.99. The van der Waals surface area contributed by atoms with Gasteiger partial charge < -0.3 is 9.80 Å². The molecular formula is C62H78N2. The minimum atomic E-state index is -0.136. The number of nitrogens with zero attached hydrogens (tertiary/aromatic N) is 2. The van der Waals surface area contributed by atoms with Gasteiger partial charge in [-0.25, -0.2) is 0 Å². The van der Waals surface area contributed by atoms with Crippen molar-refractivity contribution in [1.29, 1.82) is 0 Å². The van der Waals surface area contributed by atoms with Gasteiger partial charge in [0.15, 0.2) is 0 Å². The van der Waals surface area contributed by atoms with Crippen molar-refractivity contribution in [3.05, 3.63) is 160 Å². The molecule has 2 heteroatoms. The van der Waals surface area contributed by atoms with Gasteiger partial charge in [0.25, 0.3) is 0 Å². The quantitative estimate of drug-likeness (QED) is 0.154. The third-order valence-corrected chi connectivity index (χ3v) is 13.5. The fourth-order valence-electron chi connectivity index (χ4n) is 9.80. The molecule has 0 atom stereocenters. The highest BCUT2D eigenvalue weighted by Gasteiger charge is 2.30.